The predicted molar refractivity (Wildman–Crippen MR) is 77.9 cm³/mol. The van der Waals surface area contributed by atoms with E-state index in [2.05, 4.69) is 10.6 Å². The maximum Gasteiger partial charge on any atom is 0.314 e. The average Bonchev–Trinajstić information content (AvgIpc) is 2.36. The van der Waals surface area contributed by atoms with Gasteiger partial charge in [0, 0.05) is 19.5 Å². The van der Waals surface area contributed by atoms with E-state index in [1.165, 1.54) is 0 Å². The number of hydrogen-bond acceptors (Lipinski definition) is 4. The number of esters is 1. The van der Waals surface area contributed by atoms with E-state index in [9.17, 15) is 14.4 Å². The molecular formula is C14H26N2O5. The van der Waals surface area contributed by atoms with Crippen LogP contribution < -0.4 is 10.6 Å². The van der Waals surface area contributed by atoms with Crippen molar-refractivity contribution >= 4 is 18.0 Å². The second-order valence-corrected chi connectivity index (χ2v) is 5.55. The van der Waals surface area contributed by atoms with Crippen LogP contribution in [0.1, 0.15) is 46.5 Å². The first-order chi connectivity index (χ1) is 9.76. The number of ether oxygens (including phenoxy) is 1. The molecule has 7 heteroatoms. The number of rotatable bonds is 10. The smallest absolute Gasteiger partial charge is 0.314 e. The molecule has 0 aliphatic carbocycles. The van der Waals surface area contributed by atoms with Crippen LogP contribution in [0.3, 0.4) is 0 Å². The van der Waals surface area contributed by atoms with Gasteiger partial charge in [0.25, 0.3) is 0 Å². The SMILES string of the molecule is CCOC(=O)CCNC(=O)NCCC(C)(C)CCC(=O)O. The molecule has 0 aliphatic heterocycles. The Balaban J connectivity index is 3.73. The van der Waals surface area contributed by atoms with Crippen LogP contribution in [0.5, 0.6) is 0 Å². The van der Waals surface area contributed by atoms with Gasteiger partial charge in [-0.25, -0.2) is 4.79 Å². The van der Waals surface area contributed by atoms with E-state index in [0.717, 1.165) is 0 Å². The summed E-state index contributed by atoms with van der Waals surface area (Å²) < 4.78 is 4.74. The van der Waals surface area contributed by atoms with E-state index in [-0.39, 0.29) is 36.8 Å². The monoisotopic (exact) mass is 302 g/mol. The first-order valence-corrected chi connectivity index (χ1v) is 7.16. The van der Waals surface area contributed by atoms with E-state index in [4.69, 9.17) is 9.84 Å². The molecule has 0 spiro atoms. The van der Waals surface area contributed by atoms with Crippen LogP contribution in [0, 0.1) is 5.41 Å². The number of hydrogen-bond donors (Lipinski definition) is 3. The minimum atomic E-state index is -0.812. The Kier molecular flexibility index (Phi) is 9.16. The normalized spacial score (nSPS) is 10.8. The zero-order valence-electron chi connectivity index (χ0n) is 13.0. The topological polar surface area (TPSA) is 105 Å². The number of amides is 2. The molecule has 0 aliphatic rings. The first-order valence-electron chi connectivity index (χ1n) is 7.16. The summed E-state index contributed by atoms with van der Waals surface area (Å²) in [5.74, 6) is -1.15. The Morgan fingerprint density at radius 1 is 1.05 bits per heavy atom. The van der Waals surface area contributed by atoms with Crippen molar-refractivity contribution in [3.63, 3.8) is 0 Å². The summed E-state index contributed by atoms with van der Waals surface area (Å²) in [7, 11) is 0. The molecule has 0 aromatic rings. The van der Waals surface area contributed by atoms with Gasteiger partial charge < -0.3 is 20.5 Å². The lowest BCUT2D eigenvalue weighted by molar-refractivity contribution is -0.143. The second-order valence-electron chi connectivity index (χ2n) is 5.55. The Morgan fingerprint density at radius 2 is 1.67 bits per heavy atom. The molecule has 3 N–H and O–H groups in total. The zero-order valence-corrected chi connectivity index (χ0v) is 13.0. The molecule has 0 bridgehead atoms. The molecule has 122 valence electrons. The van der Waals surface area contributed by atoms with Gasteiger partial charge in [-0.05, 0) is 25.2 Å². The van der Waals surface area contributed by atoms with Crippen LogP contribution in [-0.2, 0) is 14.3 Å². The predicted octanol–water partition coefficient (Wildman–Crippen LogP) is 1.52. The number of aliphatic carboxylic acids is 1. The van der Waals surface area contributed by atoms with Crippen LogP contribution in [0.2, 0.25) is 0 Å². The second kappa shape index (κ2) is 10.0. The summed E-state index contributed by atoms with van der Waals surface area (Å²) in [6.45, 7) is 6.68. The average molecular weight is 302 g/mol. The zero-order chi connectivity index (χ0) is 16.3. The van der Waals surface area contributed by atoms with Gasteiger partial charge in [0.2, 0.25) is 0 Å². The van der Waals surface area contributed by atoms with Gasteiger partial charge in [-0.1, -0.05) is 13.8 Å². The van der Waals surface area contributed by atoms with Crippen LogP contribution >= 0.6 is 0 Å². The highest BCUT2D eigenvalue weighted by Gasteiger charge is 2.19. The molecule has 7 nitrogen and oxygen atoms in total. The Labute approximate surface area is 125 Å². The summed E-state index contributed by atoms with van der Waals surface area (Å²) in [4.78, 5) is 33.1. The van der Waals surface area contributed by atoms with Crippen molar-refractivity contribution in [3.05, 3.63) is 0 Å². The quantitative estimate of drug-likeness (QED) is 0.531. The lowest BCUT2D eigenvalue weighted by atomic mass is 9.84. The highest BCUT2D eigenvalue weighted by Crippen LogP contribution is 2.25. The Hall–Kier alpha value is -1.79. The van der Waals surface area contributed by atoms with Crippen molar-refractivity contribution < 1.29 is 24.2 Å². The molecule has 0 fully saturated rings. The Bertz CT molecular complexity index is 355. The highest BCUT2D eigenvalue weighted by atomic mass is 16.5. The number of carboxylic acids is 1. The molecule has 0 saturated carbocycles. The van der Waals surface area contributed by atoms with Crippen molar-refractivity contribution in [1.29, 1.82) is 0 Å². The molecule has 0 aromatic heterocycles. The minimum absolute atomic E-state index is 0.124. The minimum Gasteiger partial charge on any atom is -0.481 e. The van der Waals surface area contributed by atoms with E-state index >= 15 is 0 Å². The van der Waals surface area contributed by atoms with E-state index < -0.39 is 5.97 Å². The lowest BCUT2D eigenvalue weighted by Gasteiger charge is -2.23. The summed E-state index contributed by atoms with van der Waals surface area (Å²) in [6, 6.07) is -0.340. The first kappa shape index (κ1) is 19.2. The molecule has 21 heavy (non-hydrogen) atoms. The lowest BCUT2D eigenvalue weighted by Crippen LogP contribution is -2.38. The van der Waals surface area contributed by atoms with Crippen molar-refractivity contribution in [2.45, 2.75) is 46.5 Å². The number of carboxylic acid groups (broad SMARTS) is 1. The van der Waals surface area contributed by atoms with Gasteiger partial charge in [0.1, 0.15) is 0 Å². The summed E-state index contributed by atoms with van der Waals surface area (Å²) >= 11 is 0. The molecular weight excluding hydrogens is 276 g/mol. The fraction of sp³-hybridized carbons (Fsp3) is 0.786. The number of carbonyl (C=O) groups excluding carboxylic acids is 2. The molecule has 0 rings (SSSR count). The van der Waals surface area contributed by atoms with E-state index in [1.54, 1.807) is 6.92 Å². The largest absolute Gasteiger partial charge is 0.481 e. The van der Waals surface area contributed by atoms with Gasteiger partial charge in [0.05, 0.1) is 13.0 Å². The maximum absolute atomic E-state index is 11.5. The van der Waals surface area contributed by atoms with E-state index in [0.29, 0.717) is 26.0 Å². The summed E-state index contributed by atoms with van der Waals surface area (Å²) in [6.07, 6.45) is 1.52. The van der Waals surface area contributed by atoms with Gasteiger partial charge in [0.15, 0.2) is 0 Å². The van der Waals surface area contributed by atoms with Crippen LogP contribution in [-0.4, -0.2) is 42.8 Å². The maximum atomic E-state index is 11.5. The van der Waals surface area contributed by atoms with Gasteiger partial charge >= 0.3 is 18.0 Å². The third-order valence-electron chi connectivity index (χ3n) is 3.02. The summed E-state index contributed by atoms with van der Waals surface area (Å²) in [5, 5.41) is 13.9. The number of nitrogens with one attached hydrogen (secondary N) is 2. The standard InChI is InChI=1S/C14H26N2O5/c1-4-21-12(19)6-9-15-13(20)16-10-8-14(2,3)7-5-11(17)18/h4-10H2,1-3H3,(H,17,18)(H2,15,16,20). The van der Waals surface area contributed by atoms with Crippen molar-refractivity contribution in [2.75, 3.05) is 19.7 Å². The van der Waals surface area contributed by atoms with Gasteiger partial charge in [-0.3, -0.25) is 9.59 Å². The summed E-state index contributed by atoms with van der Waals surface area (Å²) in [5.41, 5.74) is -0.142. The van der Waals surface area contributed by atoms with Crippen LogP contribution in [0.25, 0.3) is 0 Å². The van der Waals surface area contributed by atoms with Crippen molar-refractivity contribution in [1.82, 2.24) is 10.6 Å². The van der Waals surface area contributed by atoms with Crippen LogP contribution in [0.15, 0.2) is 0 Å². The molecule has 0 atom stereocenters. The number of urea groups is 1. The highest BCUT2D eigenvalue weighted by molar-refractivity contribution is 5.75. The fourth-order valence-electron chi connectivity index (χ4n) is 1.66. The fourth-order valence-corrected chi connectivity index (χ4v) is 1.66. The third-order valence-corrected chi connectivity index (χ3v) is 3.02. The molecule has 2 amide bonds. The molecule has 0 saturated heterocycles. The van der Waals surface area contributed by atoms with Crippen LogP contribution in [0.4, 0.5) is 4.79 Å². The van der Waals surface area contributed by atoms with Gasteiger partial charge in [-0.15, -0.1) is 0 Å². The molecule has 0 unspecified atom stereocenters. The third kappa shape index (κ3) is 11.7. The van der Waals surface area contributed by atoms with Crippen molar-refractivity contribution in [3.8, 4) is 0 Å². The number of carbonyl (C=O) groups is 3. The molecule has 0 radical (unpaired) electrons. The molecule has 0 heterocycles. The Morgan fingerprint density at radius 3 is 2.24 bits per heavy atom. The van der Waals surface area contributed by atoms with Gasteiger partial charge in [-0.2, -0.15) is 0 Å². The van der Waals surface area contributed by atoms with E-state index in [1.807, 2.05) is 13.8 Å². The van der Waals surface area contributed by atoms with Crippen molar-refractivity contribution in [2.24, 2.45) is 5.41 Å². The molecule has 0 aromatic carbocycles.